The van der Waals surface area contributed by atoms with E-state index in [0.29, 0.717) is 18.7 Å². The lowest BCUT2D eigenvalue weighted by atomic mass is 10.1. The van der Waals surface area contributed by atoms with Crippen LogP contribution in [0.2, 0.25) is 0 Å². The zero-order valence-corrected chi connectivity index (χ0v) is 9.12. The molecule has 1 aliphatic carbocycles. The Kier molecular flexibility index (Phi) is 2.65. The first-order valence-electron chi connectivity index (χ1n) is 5.33. The highest BCUT2D eigenvalue weighted by Crippen LogP contribution is 2.44. The number of aryl methyl sites for hydroxylation is 1. The fraction of sp³-hybridized carbons (Fsp3) is 0.545. The van der Waals surface area contributed by atoms with E-state index >= 15 is 0 Å². The molecule has 1 fully saturated rings. The van der Waals surface area contributed by atoms with Gasteiger partial charge in [-0.15, -0.1) is 0 Å². The fourth-order valence-corrected chi connectivity index (χ4v) is 1.43. The number of nitrogens with zero attached hydrogens (tertiary/aromatic N) is 2. The van der Waals surface area contributed by atoms with E-state index < -0.39 is 5.41 Å². The van der Waals surface area contributed by atoms with E-state index in [1.54, 1.807) is 6.20 Å². The van der Waals surface area contributed by atoms with Crippen molar-refractivity contribution in [1.29, 1.82) is 5.26 Å². The summed E-state index contributed by atoms with van der Waals surface area (Å²) in [5.41, 5.74) is -0.778. The van der Waals surface area contributed by atoms with E-state index in [-0.39, 0.29) is 12.5 Å². The highest BCUT2D eigenvalue weighted by Gasteiger charge is 2.50. The molecule has 5 heteroatoms. The molecule has 0 aliphatic heterocycles. The Hall–Kier alpha value is -1.83. The number of aromatic nitrogens is 1. The molecule has 84 valence electrons. The number of nitriles is 1. The van der Waals surface area contributed by atoms with E-state index in [0.717, 1.165) is 12.2 Å². The summed E-state index contributed by atoms with van der Waals surface area (Å²) in [6.45, 7) is 2.22. The first-order chi connectivity index (χ1) is 7.70. The van der Waals surface area contributed by atoms with E-state index in [4.69, 9.17) is 9.68 Å². The van der Waals surface area contributed by atoms with Crippen LogP contribution in [-0.2, 0) is 17.8 Å². The van der Waals surface area contributed by atoms with Gasteiger partial charge in [0.1, 0.15) is 11.2 Å². The van der Waals surface area contributed by atoms with Crippen molar-refractivity contribution in [1.82, 2.24) is 10.3 Å². The van der Waals surface area contributed by atoms with E-state index in [1.165, 1.54) is 0 Å². The predicted octanol–water partition coefficient (Wildman–Crippen LogP) is 1.16. The average Bonchev–Trinajstić information content (AvgIpc) is 2.98. The SMILES string of the molecule is CCc1cnc(CNC(=O)C2(C#N)CC2)o1. The van der Waals surface area contributed by atoms with Crippen molar-refractivity contribution < 1.29 is 9.21 Å². The van der Waals surface area contributed by atoms with E-state index in [2.05, 4.69) is 10.3 Å². The number of oxazole rings is 1. The summed E-state index contributed by atoms with van der Waals surface area (Å²) in [5, 5.41) is 11.5. The Bertz CT molecular complexity index is 440. The average molecular weight is 219 g/mol. The van der Waals surface area contributed by atoms with Crippen molar-refractivity contribution in [3.8, 4) is 6.07 Å². The molecule has 0 aromatic carbocycles. The van der Waals surface area contributed by atoms with Gasteiger partial charge in [0.25, 0.3) is 0 Å². The van der Waals surface area contributed by atoms with Crippen molar-refractivity contribution in [2.45, 2.75) is 32.7 Å². The molecule has 0 radical (unpaired) electrons. The molecule has 1 aromatic rings. The summed E-state index contributed by atoms with van der Waals surface area (Å²) >= 11 is 0. The fourth-order valence-electron chi connectivity index (χ4n) is 1.43. The van der Waals surface area contributed by atoms with Crippen LogP contribution in [0.15, 0.2) is 10.6 Å². The lowest BCUT2D eigenvalue weighted by Gasteiger charge is -2.05. The zero-order chi connectivity index (χ0) is 11.6. The summed E-state index contributed by atoms with van der Waals surface area (Å²) in [4.78, 5) is 15.6. The summed E-state index contributed by atoms with van der Waals surface area (Å²) in [6, 6.07) is 2.04. The zero-order valence-electron chi connectivity index (χ0n) is 9.12. The molecule has 0 saturated heterocycles. The number of hydrogen-bond acceptors (Lipinski definition) is 4. The van der Waals surface area contributed by atoms with Crippen LogP contribution in [-0.4, -0.2) is 10.9 Å². The summed E-state index contributed by atoms with van der Waals surface area (Å²) in [7, 11) is 0. The van der Waals surface area contributed by atoms with Crippen LogP contribution >= 0.6 is 0 Å². The monoisotopic (exact) mass is 219 g/mol. The second-order valence-electron chi connectivity index (χ2n) is 3.95. The van der Waals surface area contributed by atoms with E-state index in [1.807, 2.05) is 13.0 Å². The Balaban J connectivity index is 1.88. The number of nitrogens with one attached hydrogen (secondary N) is 1. The molecule has 1 aromatic heterocycles. The molecule has 0 spiro atoms. The minimum atomic E-state index is -0.778. The van der Waals surface area contributed by atoms with Gasteiger partial charge in [-0.05, 0) is 12.8 Å². The molecule has 1 saturated carbocycles. The third kappa shape index (κ3) is 1.91. The third-order valence-corrected chi connectivity index (χ3v) is 2.75. The van der Waals surface area contributed by atoms with Gasteiger partial charge in [-0.25, -0.2) is 4.98 Å². The van der Waals surface area contributed by atoms with Crippen molar-refractivity contribution in [3.63, 3.8) is 0 Å². The van der Waals surface area contributed by atoms with Gasteiger partial charge < -0.3 is 9.73 Å². The number of rotatable bonds is 4. The lowest BCUT2D eigenvalue weighted by Crippen LogP contribution is -2.30. The van der Waals surface area contributed by atoms with Gasteiger partial charge in [-0.3, -0.25) is 4.79 Å². The molecule has 0 bridgehead atoms. The van der Waals surface area contributed by atoms with Gasteiger partial charge >= 0.3 is 0 Å². The maximum atomic E-state index is 11.6. The number of amides is 1. The topological polar surface area (TPSA) is 78.9 Å². The van der Waals surface area contributed by atoms with Crippen LogP contribution in [0.5, 0.6) is 0 Å². The Morgan fingerprint density at radius 3 is 3.00 bits per heavy atom. The first-order valence-corrected chi connectivity index (χ1v) is 5.33. The van der Waals surface area contributed by atoms with Crippen LogP contribution in [0.1, 0.15) is 31.4 Å². The number of carbonyl (C=O) groups excluding carboxylic acids is 1. The number of carbonyl (C=O) groups is 1. The molecular formula is C11H13N3O2. The molecule has 1 N–H and O–H groups in total. The summed E-state index contributed by atoms with van der Waals surface area (Å²) in [6.07, 6.45) is 3.74. The highest BCUT2D eigenvalue weighted by atomic mass is 16.4. The van der Waals surface area contributed by atoms with Gasteiger partial charge in [-0.2, -0.15) is 5.26 Å². The molecule has 0 unspecified atom stereocenters. The quantitative estimate of drug-likeness (QED) is 0.824. The van der Waals surface area contributed by atoms with Crippen LogP contribution < -0.4 is 5.32 Å². The van der Waals surface area contributed by atoms with Crippen LogP contribution in [0.3, 0.4) is 0 Å². The minimum absolute atomic E-state index is 0.216. The summed E-state index contributed by atoms with van der Waals surface area (Å²) < 4.78 is 5.34. The van der Waals surface area contributed by atoms with Crippen LogP contribution in [0.4, 0.5) is 0 Å². The number of hydrogen-bond donors (Lipinski definition) is 1. The normalized spacial score (nSPS) is 16.5. The maximum Gasteiger partial charge on any atom is 0.240 e. The highest BCUT2D eigenvalue weighted by molar-refractivity contribution is 5.88. The van der Waals surface area contributed by atoms with Crippen molar-refractivity contribution in [2.75, 3.05) is 0 Å². The Morgan fingerprint density at radius 1 is 1.75 bits per heavy atom. The lowest BCUT2D eigenvalue weighted by molar-refractivity contribution is -0.124. The van der Waals surface area contributed by atoms with Gasteiger partial charge in [0.15, 0.2) is 0 Å². The molecular weight excluding hydrogens is 206 g/mol. The minimum Gasteiger partial charge on any atom is -0.444 e. The first kappa shape index (κ1) is 10.7. The third-order valence-electron chi connectivity index (χ3n) is 2.75. The second-order valence-corrected chi connectivity index (χ2v) is 3.95. The van der Waals surface area contributed by atoms with Gasteiger partial charge in [0, 0.05) is 6.42 Å². The van der Waals surface area contributed by atoms with Crippen LogP contribution in [0.25, 0.3) is 0 Å². The van der Waals surface area contributed by atoms with Gasteiger partial charge in [0.2, 0.25) is 11.8 Å². The molecule has 1 amide bonds. The molecule has 2 rings (SSSR count). The second kappa shape index (κ2) is 3.97. The maximum absolute atomic E-state index is 11.6. The Labute approximate surface area is 93.5 Å². The van der Waals surface area contributed by atoms with Gasteiger partial charge in [-0.1, -0.05) is 6.92 Å². The van der Waals surface area contributed by atoms with Crippen molar-refractivity contribution >= 4 is 5.91 Å². The Morgan fingerprint density at radius 2 is 2.50 bits per heavy atom. The predicted molar refractivity (Wildman–Crippen MR) is 55.0 cm³/mol. The largest absolute Gasteiger partial charge is 0.444 e. The smallest absolute Gasteiger partial charge is 0.240 e. The molecule has 16 heavy (non-hydrogen) atoms. The van der Waals surface area contributed by atoms with Crippen LogP contribution in [0, 0.1) is 16.7 Å². The molecule has 5 nitrogen and oxygen atoms in total. The molecule has 1 aliphatic rings. The van der Waals surface area contributed by atoms with Gasteiger partial charge in [0.05, 0.1) is 18.8 Å². The molecule has 0 atom stereocenters. The molecule has 1 heterocycles. The van der Waals surface area contributed by atoms with E-state index in [9.17, 15) is 4.79 Å². The van der Waals surface area contributed by atoms with Crippen molar-refractivity contribution in [3.05, 3.63) is 17.8 Å². The standard InChI is InChI=1S/C11H13N3O2/c1-2-8-5-13-9(16-8)6-14-10(15)11(7-12)3-4-11/h5H,2-4,6H2,1H3,(H,14,15). The summed E-state index contributed by atoms with van der Waals surface area (Å²) in [5.74, 6) is 1.07. The van der Waals surface area contributed by atoms with Crippen molar-refractivity contribution in [2.24, 2.45) is 5.41 Å².